The summed E-state index contributed by atoms with van der Waals surface area (Å²) in [4.78, 5) is 12.3. The Morgan fingerprint density at radius 3 is 2.18 bits per heavy atom. The third kappa shape index (κ3) is 6.70. The standard InChI is InChI=1S/C50H55N3O3.Pt/c1-29-15-16-39-42(19-29)55-43-22-32(4)41(27-40(43)53(39)44-26-35(17-18-51-44)46(5,6)7)54-37-24-33(23-36(25-37)47(8,9)10)45-52-49(14)38-21-31(3)30(2)20-34(38)28-50(49,56-45)48(11,12)13;/h15-23,25-26H,28H2,1-14H3;/q-2;+2/t49-,50-;/m1./s1/i28D2;. The van der Waals surface area contributed by atoms with E-state index in [9.17, 15) is 2.74 Å². The van der Waals surface area contributed by atoms with Gasteiger partial charge in [-0.3, -0.25) is 4.99 Å². The van der Waals surface area contributed by atoms with Crippen molar-refractivity contribution in [2.24, 2.45) is 10.4 Å². The van der Waals surface area contributed by atoms with Gasteiger partial charge in [0.25, 0.3) is 0 Å². The number of hydrogen-bond acceptors (Lipinski definition) is 6. The van der Waals surface area contributed by atoms with Crippen LogP contribution in [0.1, 0.15) is 122 Å². The van der Waals surface area contributed by atoms with Crippen LogP contribution in [0.15, 0.2) is 71.9 Å². The summed E-state index contributed by atoms with van der Waals surface area (Å²) in [6.07, 6.45) is 0.0131. The van der Waals surface area contributed by atoms with Gasteiger partial charge in [0.2, 0.25) is 0 Å². The van der Waals surface area contributed by atoms with Crippen molar-refractivity contribution in [1.29, 1.82) is 0 Å². The molecule has 0 spiro atoms. The Labute approximate surface area is 357 Å². The summed E-state index contributed by atoms with van der Waals surface area (Å²) in [5.41, 5.74) is 6.53. The van der Waals surface area contributed by atoms with Gasteiger partial charge in [-0.15, -0.1) is 29.3 Å². The van der Waals surface area contributed by atoms with Gasteiger partial charge in [-0.25, -0.2) is 4.98 Å². The molecule has 2 atom stereocenters. The molecule has 0 radical (unpaired) electrons. The van der Waals surface area contributed by atoms with Crippen molar-refractivity contribution in [3.05, 3.63) is 129 Å². The second kappa shape index (κ2) is 13.6. The van der Waals surface area contributed by atoms with Crippen LogP contribution in [0.4, 0.5) is 17.2 Å². The fourth-order valence-corrected chi connectivity index (χ4v) is 8.22. The molecule has 0 fully saturated rings. The van der Waals surface area contributed by atoms with E-state index >= 15 is 0 Å². The number of anilines is 3. The Hall–Kier alpha value is -4.41. The Balaban J connectivity index is 0.00000528. The Morgan fingerprint density at radius 1 is 0.789 bits per heavy atom. The van der Waals surface area contributed by atoms with Crippen LogP contribution < -0.4 is 14.4 Å². The number of rotatable bonds is 4. The first kappa shape index (κ1) is 38.1. The molecule has 1 aliphatic carbocycles. The second-order valence-corrected chi connectivity index (χ2v) is 19.2. The van der Waals surface area contributed by atoms with Crippen molar-refractivity contribution in [3.63, 3.8) is 0 Å². The molecular formula is C50H55N3O3Pt. The maximum atomic E-state index is 9.76. The number of aromatic nitrogens is 1. The molecule has 57 heavy (non-hydrogen) atoms. The van der Waals surface area contributed by atoms with Crippen LogP contribution in [0.3, 0.4) is 0 Å². The first-order valence-electron chi connectivity index (χ1n) is 20.6. The molecule has 0 saturated carbocycles. The fraction of sp³-hybridized carbons (Fsp3) is 0.400. The van der Waals surface area contributed by atoms with E-state index in [1.165, 1.54) is 0 Å². The molecule has 298 valence electrons. The van der Waals surface area contributed by atoms with E-state index in [2.05, 4.69) is 109 Å². The number of hydrogen-bond donors (Lipinski definition) is 0. The number of fused-ring (bicyclic) bond motifs is 5. The molecule has 0 bridgehead atoms. The van der Waals surface area contributed by atoms with Crippen LogP contribution in [0.2, 0.25) is 0 Å². The summed E-state index contributed by atoms with van der Waals surface area (Å²) in [6, 6.07) is 27.6. The van der Waals surface area contributed by atoms with Gasteiger partial charge in [-0.2, -0.15) is 0 Å². The van der Waals surface area contributed by atoms with E-state index in [1.807, 2.05) is 72.0 Å². The molecular weight excluding hydrogens is 886 g/mol. The zero-order valence-electron chi connectivity index (χ0n) is 37.7. The molecule has 0 amide bonds. The normalized spacial score (nSPS) is 21.1. The van der Waals surface area contributed by atoms with Crippen LogP contribution in [0.25, 0.3) is 0 Å². The number of aliphatic imine (C=N–C) groups is 1. The van der Waals surface area contributed by atoms with Gasteiger partial charge in [-0.1, -0.05) is 105 Å². The Kier molecular flexibility index (Phi) is 9.09. The van der Waals surface area contributed by atoms with Gasteiger partial charge in [0.05, 0.1) is 5.69 Å². The molecule has 0 N–H and O–H groups in total. The van der Waals surface area contributed by atoms with Crippen molar-refractivity contribution in [1.82, 2.24) is 4.98 Å². The monoisotopic (exact) mass is 942 g/mol. The van der Waals surface area contributed by atoms with Crippen LogP contribution in [0.5, 0.6) is 23.0 Å². The SMILES string of the molecule is [2H]C1([2H])c2cc(C)c(C)cc2[C@@]2(C)N=C(c3[c-]c(Oc4[c-]c5c(cc4C)Oc4cc(C)ccc4N5c4cc(C(C)(C)C)ccn4)cc(C(C)(C)C)c3)O[C@@]12C(C)(C)C.[Pt+2]. The average molecular weight is 943 g/mol. The van der Waals surface area contributed by atoms with E-state index in [0.717, 1.165) is 56.2 Å². The topological polar surface area (TPSA) is 56.2 Å². The van der Waals surface area contributed by atoms with Crippen molar-refractivity contribution >= 4 is 23.1 Å². The van der Waals surface area contributed by atoms with Gasteiger partial charge >= 0.3 is 21.1 Å². The predicted molar refractivity (Wildman–Crippen MR) is 227 cm³/mol. The van der Waals surface area contributed by atoms with Crippen LogP contribution in [-0.2, 0) is 48.5 Å². The summed E-state index contributed by atoms with van der Waals surface area (Å²) in [7, 11) is 0. The largest absolute Gasteiger partial charge is 2.00 e. The Bertz CT molecular complexity index is 2560. The predicted octanol–water partition coefficient (Wildman–Crippen LogP) is 12.9. The van der Waals surface area contributed by atoms with Gasteiger partial charge in [0.15, 0.2) is 0 Å². The molecule has 4 aromatic carbocycles. The molecule has 5 aromatic rings. The summed E-state index contributed by atoms with van der Waals surface area (Å²) in [5, 5.41) is 0. The van der Waals surface area contributed by atoms with E-state index < -0.39 is 22.9 Å². The molecule has 3 aliphatic rings. The van der Waals surface area contributed by atoms with E-state index in [1.54, 1.807) is 0 Å². The smallest absolute Gasteiger partial charge is 0.513 e. The minimum atomic E-state index is -1.85. The van der Waals surface area contributed by atoms with Crippen molar-refractivity contribution < 1.29 is 38.0 Å². The van der Waals surface area contributed by atoms with E-state index in [4.69, 9.17) is 24.2 Å². The first-order chi connectivity index (χ1) is 26.9. The van der Waals surface area contributed by atoms with Gasteiger partial charge in [0.1, 0.15) is 28.6 Å². The molecule has 0 saturated heterocycles. The first-order valence-corrected chi connectivity index (χ1v) is 19.6. The van der Waals surface area contributed by atoms with Crippen LogP contribution in [-0.4, -0.2) is 16.5 Å². The van der Waals surface area contributed by atoms with Crippen molar-refractivity contribution in [2.75, 3.05) is 4.90 Å². The number of benzene rings is 4. The quantitative estimate of drug-likeness (QED) is 0.165. The van der Waals surface area contributed by atoms with Gasteiger partial charge in [-0.05, 0) is 102 Å². The third-order valence-corrected chi connectivity index (χ3v) is 11.7. The van der Waals surface area contributed by atoms with Crippen LogP contribution >= 0.6 is 0 Å². The van der Waals surface area contributed by atoms with Crippen LogP contribution in [0, 0.1) is 45.2 Å². The maximum Gasteiger partial charge on any atom is 2.00 e. The molecule has 1 aromatic heterocycles. The molecule has 7 heteroatoms. The summed E-state index contributed by atoms with van der Waals surface area (Å²) in [6.45, 7) is 29.4. The zero-order chi connectivity index (χ0) is 42.1. The van der Waals surface area contributed by atoms with Gasteiger partial charge in [0, 0.05) is 38.0 Å². The zero-order valence-corrected chi connectivity index (χ0v) is 38.0. The molecule has 3 heterocycles. The van der Waals surface area contributed by atoms with Crippen molar-refractivity contribution in [2.45, 2.75) is 125 Å². The summed E-state index contributed by atoms with van der Waals surface area (Å²) in [5.74, 6) is 3.50. The fourth-order valence-electron chi connectivity index (χ4n) is 8.22. The number of nitrogens with zero attached hydrogens (tertiary/aromatic N) is 3. The number of pyridine rings is 1. The molecule has 0 unspecified atom stereocenters. The molecule has 8 rings (SSSR count). The molecule has 6 nitrogen and oxygen atoms in total. The third-order valence-electron chi connectivity index (χ3n) is 11.7. The average Bonchev–Trinajstić information content (AvgIpc) is 3.53. The minimum absolute atomic E-state index is 0. The summed E-state index contributed by atoms with van der Waals surface area (Å²) >= 11 is 0. The maximum absolute atomic E-state index is 9.76. The second-order valence-electron chi connectivity index (χ2n) is 19.2. The van der Waals surface area contributed by atoms with E-state index in [0.29, 0.717) is 40.0 Å². The molecule has 2 aliphatic heterocycles. The minimum Gasteiger partial charge on any atom is -0.513 e. The number of aryl methyl sites for hydroxylation is 4. The Morgan fingerprint density at radius 2 is 1.49 bits per heavy atom. The van der Waals surface area contributed by atoms with Gasteiger partial charge < -0.3 is 19.1 Å². The van der Waals surface area contributed by atoms with Crippen molar-refractivity contribution in [3.8, 4) is 23.0 Å². The summed E-state index contributed by atoms with van der Waals surface area (Å²) < 4.78 is 40.0. The van der Waals surface area contributed by atoms with E-state index in [-0.39, 0.29) is 31.9 Å². The number of ether oxygens (including phenoxy) is 3.